The average molecular weight is 516 g/mol. The van der Waals surface area contributed by atoms with Gasteiger partial charge in [0.15, 0.2) is 17.8 Å². The highest BCUT2D eigenvalue weighted by Crippen LogP contribution is 2.41. The van der Waals surface area contributed by atoms with Crippen LogP contribution in [0.15, 0.2) is 36.1 Å². The van der Waals surface area contributed by atoms with Crippen LogP contribution in [0.25, 0.3) is 11.2 Å². The number of carbonyl (C=O) groups is 2. The van der Waals surface area contributed by atoms with Crippen molar-refractivity contribution in [3.05, 3.63) is 47.5 Å². The molecule has 9 nitrogen and oxygen atoms in total. The lowest BCUT2D eigenvalue weighted by Crippen LogP contribution is -2.52. The summed E-state index contributed by atoms with van der Waals surface area (Å²) in [6.07, 6.45) is 6.91. The first-order valence-corrected chi connectivity index (χ1v) is 12.7. The van der Waals surface area contributed by atoms with E-state index in [4.69, 9.17) is 0 Å². The number of alkyl halides is 2. The highest BCUT2D eigenvalue weighted by molar-refractivity contribution is 6.02. The molecule has 2 aliphatic carbocycles. The van der Waals surface area contributed by atoms with E-state index in [1.807, 2.05) is 22.9 Å². The highest BCUT2D eigenvalue weighted by Gasteiger charge is 2.55. The third kappa shape index (κ3) is 4.71. The largest absolute Gasteiger partial charge is 0.388 e. The molecule has 37 heavy (non-hydrogen) atoms. The van der Waals surface area contributed by atoms with Crippen molar-refractivity contribution in [3.63, 3.8) is 0 Å². The van der Waals surface area contributed by atoms with Crippen LogP contribution in [-0.4, -0.2) is 65.7 Å². The van der Waals surface area contributed by atoms with Crippen LogP contribution < -0.4 is 5.32 Å². The summed E-state index contributed by atoms with van der Waals surface area (Å²) in [5.41, 5.74) is 1.57. The number of hydrogen-bond donors (Lipinski definition) is 3. The van der Waals surface area contributed by atoms with Crippen molar-refractivity contribution in [1.29, 1.82) is 0 Å². The number of amides is 1. The number of nitrogens with zero attached hydrogens (tertiary/aromatic N) is 4. The van der Waals surface area contributed by atoms with Gasteiger partial charge in [0.25, 0.3) is 0 Å². The molecule has 2 aromatic heterocycles. The molecule has 11 heteroatoms. The number of hydrogen-bond acceptors (Lipinski definition) is 7. The summed E-state index contributed by atoms with van der Waals surface area (Å²) in [4.78, 5) is 36.2. The number of aliphatic hydroxyl groups is 2. The zero-order valence-electron chi connectivity index (χ0n) is 20.7. The Bertz CT molecular complexity index is 1280. The number of carbonyl (C=O) groups excluding carboxylic acids is 2. The predicted octanol–water partition coefficient (Wildman–Crippen LogP) is 2.53. The minimum absolute atomic E-state index is 0.0924. The fraction of sp³-hybridized carbons (Fsp3) is 0.538. The van der Waals surface area contributed by atoms with Gasteiger partial charge in [0.2, 0.25) is 11.8 Å². The van der Waals surface area contributed by atoms with Crippen molar-refractivity contribution in [2.75, 3.05) is 6.54 Å². The molecule has 1 aliphatic heterocycles. The Labute approximate surface area is 212 Å². The van der Waals surface area contributed by atoms with Gasteiger partial charge in [0.1, 0.15) is 23.5 Å². The number of ketones is 1. The molecule has 3 heterocycles. The summed E-state index contributed by atoms with van der Waals surface area (Å²) in [6.45, 7) is 1.48. The standard InChI is InChI=1S/C26H31F2N5O4/c1-2-3-16-12-19-22(29-13-16)33(21(15-34)30-19)18-6-4-17(5-7-18)20(35)14-32-23(36)25(31-24(32)37)8-10-26(27,28)11-9-25/h4-6,12-13,18,24,31,34,37H,2-3,7-11,14-15H2,1H3. The van der Waals surface area contributed by atoms with Crippen molar-refractivity contribution in [3.8, 4) is 0 Å². The molecule has 3 aliphatic rings. The van der Waals surface area contributed by atoms with Gasteiger partial charge in [-0.2, -0.15) is 0 Å². The van der Waals surface area contributed by atoms with Gasteiger partial charge in [0, 0.05) is 24.6 Å². The van der Waals surface area contributed by atoms with Crippen LogP contribution in [0.2, 0.25) is 0 Å². The number of Topliss-reactive ketones (excluding diaryl/α,β-unsaturated/α-hetero) is 1. The number of aliphatic hydroxyl groups excluding tert-OH is 2. The van der Waals surface area contributed by atoms with E-state index in [0.29, 0.717) is 29.0 Å². The van der Waals surface area contributed by atoms with E-state index < -0.39 is 36.6 Å². The third-order valence-electron chi connectivity index (χ3n) is 7.59. The van der Waals surface area contributed by atoms with Gasteiger partial charge in [-0.3, -0.25) is 19.8 Å². The Balaban J connectivity index is 1.28. The van der Waals surface area contributed by atoms with Gasteiger partial charge in [-0.1, -0.05) is 31.6 Å². The van der Waals surface area contributed by atoms with Crippen LogP contribution in [0.3, 0.4) is 0 Å². The number of rotatable bonds is 7. The van der Waals surface area contributed by atoms with Gasteiger partial charge >= 0.3 is 0 Å². The molecule has 3 N–H and O–H groups in total. The van der Waals surface area contributed by atoms with Crippen LogP contribution in [-0.2, 0) is 22.6 Å². The third-order valence-corrected chi connectivity index (χ3v) is 7.59. The minimum Gasteiger partial charge on any atom is -0.388 e. The molecule has 1 saturated carbocycles. The number of fused-ring (bicyclic) bond motifs is 1. The predicted molar refractivity (Wildman–Crippen MR) is 130 cm³/mol. The summed E-state index contributed by atoms with van der Waals surface area (Å²) in [6, 6.07) is 1.77. The molecule has 198 valence electrons. The van der Waals surface area contributed by atoms with Crippen molar-refractivity contribution in [2.24, 2.45) is 0 Å². The minimum atomic E-state index is -2.82. The van der Waals surface area contributed by atoms with Crippen LogP contribution in [0.5, 0.6) is 0 Å². The molecule has 0 aromatic carbocycles. The van der Waals surface area contributed by atoms with E-state index in [1.54, 1.807) is 12.2 Å². The fourth-order valence-electron chi connectivity index (χ4n) is 5.54. The maximum absolute atomic E-state index is 13.6. The number of halogens is 2. The molecule has 2 fully saturated rings. The monoisotopic (exact) mass is 515 g/mol. The second-order valence-corrected chi connectivity index (χ2v) is 10.1. The van der Waals surface area contributed by atoms with Crippen molar-refractivity contribution in [1.82, 2.24) is 24.8 Å². The number of aromatic nitrogens is 3. The number of allylic oxidation sites excluding steroid dienone is 3. The molecule has 0 bridgehead atoms. The molecule has 1 saturated heterocycles. The molecule has 1 spiro atoms. The maximum atomic E-state index is 13.6. The first kappa shape index (κ1) is 25.6. The summed E-state index contributed by atoms with van der Waals surface area (Å²) in [5, 5.41) is 23.1. The Morgan fingerprint density at radius 2 is 2.03 bits per heavy atom. The van der Waals surface area contributed by atoms with E-state index in [-0.39, 0.29) is 37.8 Å². The first-order chi connectivity index (χ1) is 17.7. The zero-order chi connectivity index (χ0) is 26.4. The number of aryl methyl sites for hydroxylation is 1. The van der Waals surface area contributed by atoms with Crippen LogP contribution in [0, 0.1) is 0 Å². The maximum Gasteiger partial charge on any atom is 0.248 e. The van der Waals surface area contributed by atoms with E-state index in [9.17, 15) is 28.6 Å². The fourth-order valence-corrected chi connectivity index (χ4v) is 5.54. The van der Waals surface area contributed by atoms with E-state index in [2.05, 4.69) is 22.2 Å². The summed E-state index contributed by atoms with van der Waals surface area (Å²) >= 11 is 0. The van der Waals surface area contributed by atoms with Gasteiger partial charge in [-0.25, -0.2) is 18.7 Å². The topological polar surface area (TPSA) is 121 Å². The second-order valence-electron chi connectivity index (χ2n) is 10.1. The smallest absolute Gasteiger partial charge is 0.248 e. The Kier molecular flexibility index (Phi) is 6.71. The second kappa shape index (κ2) is 9.70. The number of imidazole rings is 1. The van der Waals surface area contributed by atoms with Crippen LogP contribution in [0.4, 0.5) is 8.78 Å². The van der Waals surface area contributed by atoms with Crippen LogP contribution >= 0.6 is 0 Å². The van der Waals surface area contributed by atoms with Gasteiger partial charge in [0.05, 0.1) is 12.6 Å². The molecular weight excluding hydrogens is 484 g/mol. The van der Waals surface area contributed by atoms with E-state index in [0.717, 1.165) is 23.3 Å². The lowest BCUT2D eigenvalue weighted by Gasteiger charge is -2.35. The molecular formula is C26H31F2N5O4. The highest BCUT2D eigenvalue weighted by atomic mass is 19.3. The average Bonchev–Trinajstić information content (AvgIpc) is 3.36. The zero-order valence-corrected chi connectivity index (χ0v) is 20.7. The molecule has 1 amide bonds. The van der Waals surface area contributed by atoms with Crippen molar-refractivity contribution in [2.45, 2.75) is 82.3 Å². The summed E-state index contributed by atoms with van der Waals surface area (Å²) in [5.74, 6) is -3.22. The van der Waals surface area contributed by atoms with Gasteiger partial charge in [-0.05, 0) is 37.3 Å². The van der Waals surface area contributed by atoms with Gasteiger partial charge in [-0.15, -0.1) is 0 Å². The molecule has 5 rings (SSSR count). The number of nitrogens with one attached hydrogen (secondary N) is 1. The van der Waals surface area contributed by atoms with Crippen molar-refractivity contribution < 1.29 is 28.6 Å². The van der Waals surface area contributed by atoms with Gasteiger partial charge < -0.3 is 14.8 Å². The lowest BCUT2D eigenvalue weighted by molar-refractivity contribution is -0.142. The first-order valence-electron chi connectivity index (χ1n) is 12.7. The lowest BCUT2D eigenvalue weighted by atomic mass is 9.80. The van der Waals surface area contributed by atoms with Crippen molar-refractivity contribution >= 4 is 22.9 Å². The molecule has 2 unspecified atom stereocenters. The molecule has 2 aromatic rings. The Morgan fingerprint density at radius 1 is 1.27 bits per heavy atom. The summed E-state index contributed by atoms with van der Waals surface area (Å²) < 4.78 is 29.1. The van der Waals surface area contributed by atoms with E-state index >= 15 is 0 Å². The Hall–Kier alpha value is -3.02. The molecule has 2 atom stereocenters. The Morgan fingerprint density at radius 3 is 2.68 bits per heavy atom. The SMILES string of the molecule is CCCc1cnc2c(c1)nc(CO)n2C1C=CC(C(=O)CN2C(=O)C3(CCC(F)(F)CC3)NC2O)=CC1. The summed E-state index contributed by atoms with van der Waals surface area (Å²) in [7, 11) is 0. The molecule has 0 radical (unpaired) electrons. The van der Waals surface area contributed by atoms with Crippen LogP contribution in [0.1, 0.15) is 62.9 Å². The number of pyridine rings is 1. The normalized spacial score (nSPS) is 24.7. The quantitative estimate of drug-likeness (QED) is 0.518. The van der Waals surface area contributed by atoms with E-state index in [1.165, 1.54) is 0 Å².